The van der Waals surface area contributed by atoms with Crippen molar-refractivity contribution in [3.8, 4) is 28.6 Å². The van der Waals surface area contributed by atoms with Gasteiger partial charge in [-0.25, -0.2) is 14.8 Å². The van der Waals surface area contributed by atoms with Crippen LogP contribution in [-0.4, -0.2) is 22.7 Å². The molecule has 0 fully saturated rings. The number of fused-ring (bicyclic) bond motifs is 1. The summed E-state index contributed by atoms with van der Waals surface area (Å²) in [4.78, 5) is 21.2. The molecule has 0 spiro atoms. The topological polar surface area (TPSA) is 70.5 Å². The summed E-state index contributed by atoms with van der Waals surface area (Å²) in [6, 6.07) is 12.7. The average Bonchev–Trinajstić information content (AvgIpc) is 3.34. The van der Waals surface area contributed by atoms with Crippen molar-refractivity contribution in [2.24, 2.45) is 0 Å². The molecule has 0 N–H and O–H groups in total. The molecule has 34 heavy (non-hydrogen) atoms. The van der Waals surface area contributed by atoms with Crippen LogP contribution in [0.3, 0.4) is 0 Å². The van der Waals surface area contributed by atoms with Gasteiger partial charge in [0.25, 0.3) is 0 Å². The standard InChI is InChI=1S/C28H30N2O4/c1-2-3-4-5-6-7-8-22-18-29-28(30-19-22)23-11-13-24(14-12-23)34-27(31)16-10-21-9-15-25-26(17-21)33-20-32-25/h9-19H,2-8,20H2,1H3. The highest BCUT2D eigenvalue weighted by Gasteiger charge is 2.12. The number of unbranched alkanes of at least 4 members (excludes halogenated alkanes) is 5. The number of aryl methyl sites for hydroxylation is 1. The second-order valence-corrected chi connectivity index (χ2v) is 8.32. The van der Waals surface area contributed by atoms with Crippen molar-refractivity contribution in [3.05, 3.63) is 72.1 Å². The van der Waals surface area contributed by atoms with E-state index in [1.165, 1.54) is 50.2 Å². The molecular formula is C28H30N2O4. The fraction of sp³-hybridized carbons (Fsp3) is 0.321. The van der Waals surface area contributed by atoms with E-state index in [0.29, 0.717) is 23.1 Å². The molecule has 176 valence electrons. The highest BCUT2D eigenvalue weighted by atomic mass is 16.7. The van der Waals surface area contributed by atoms with Crippen LogP contribution in [0.15, 0.2) is 60.9 Å². The van der Waals surface area contributed by atoms with Gasteiger partial charge in [0.05, 0.1) is 0 Å². The highest BCUT2D eigenvalue weighted by Crippen LogP contribution is 2.32. The van der Waals surface area contributed by atoms with Crippen molar-refractivity contribution < 1.29 is 19.0 Å². The van der Waals surface area contributed by atoms with Crippen LogP contribution in [0, 0.1) is 0 Å². The molecule has 0 saturated heterocycles. The van der Waals surface area contributed by atoms with E-state index in [1.807, 2.05) is 42.7 Å². The monoisotopic (exact) mass is 458 g/mol. The maximum Gasteiger partial charge on any atom is 0.336 e. The van der Waals surface area contributed by atoms with Crippen LogP contribution >= 0.6 is 0 Å². The number of carbonyl (C=O) groups is 1. The summed E-state index contributed by atoms with van der Waals surface area (Å²) < 4.78 is 16.0. The second-order valence-electron chi connectivity index (χ2n) is 8.32. The maximum absolute atomic E-state index is 12.2. The molecule has 1 aromatic heterocycles. The van der Waals surface area contributed by atoms with Gasteiger partial charge in [-0.3, -0.25) is 0 Å². The molecular weight excluding hydrogens is 428 g/mol. The van der Waals surface area contributed by atoms with Gasteiger partial charge in [0.15, 0.2) is 17.3 Å². The Bertz CT molecular complexity index is 1110. The van der Waals surface area contributed by atoms with Gasteiger partial charge in [0, 0.05) is 24.0 Å². The number of benzene rings is 2. The number of ether oxygens (including phenoxy) is 3. The zero-order chi connectivity index (χ0) is 23.6. The lowest BCUT2D eigenvalue weighted by molar-refractivity contribution is -0.128. The number of aromatic nitrogens is 2. The van der Waals surface area contributed by atoms with E-state index in [1.54, 1.807) is 18.2 Å². The van der Waals surface area contributed by atoms with Crippen LogP contribution in [-0.2, 0) is 11.2 Å². The molecule has 1 aliphatic heterocycles. The summed E-state index contributed by atoms with van der Waals surface area (Å²) in [5.41, 5.74) is 2.87. The van der Waals surface area contributed by atoms with Crippen LogP contribution in [0.5, 0.6) is 17.2 Å². The Morgan fingerprint density at radius 1 is 0.941 bits per heavy atom. The number of hydrogen-bond donors (Lipinski definition) is 0. The fourth-order valence-corrected chi connectivity index (χ4v) is 3.75. The third-order valence-corrected chi connectivity index (χ3v) is 5.66. The van der Waals surface area contributed by atoms with E-state index in [0.717, 1.165) is 17.5 Å². The first kappa shape index (κ1) is 23.5. The summed E-state index contributed by atoms with van der Waals surface area (Å²) in [6.45, 7) is 2.45. The molecule has 6 heteroatoms. The van der Waals surface area contributed by atoms with Crippen LogP contribution in [0.25, 0.3) is 17.5 Å². The van der Waals surface area contributed by atoms with E-state index in [-0.39, 0.29) is 6.79 Å². The van der Waals surface area contributed by atoms with Crippen molar-refractivity contribution in [1.29, 1.82) is 0 Å². The number of esters is 1. The van der Waals surface area contributed by atoms with Crippen molar-refractivity contribution in [3.63, 3.8) is 0 Å². The van der Waals surface area contributed by atoms with Gasteiger partial charge in [-0.1, -0.05) is 45.1 Å². The molecule has 0 radical (unpaired) electrons. The Hall–Kier alpha value is -3.67. The molecule has 2 heterocycles. The van der Waals surface area contributed by atoms with E-state index in [4.69, 9.17) is 14.2 Å². The van der Waals surface area contributed by atoms with Gasteiger partial charge in [-0.15, -0.1) is 0 Å². The molecule has 0 unspecified atom stereocenters. The Labute approximate surface area is 200 Å². The van der Waals surface area contributed by atoms with Gasteiger partial charge >= 0.3 is 5.97 Å². The van der Waals surface area contributed by atoms with Gasteiger partial charge in [-0.05, 0) is 66.4 Å². The largest absolute Gasteiger partial charge is 0.454 e. The summed E-state index contributed by atoms with van der Waals surface area (Å²) in [5.74, 6) is 2.04. The SMILES string of the molecule is CCCCCCCCc1cnc(-c2ccc(OC(=O)C=Cc3ccc4c(c3)OCO4)cc2)nc1. The quantitative estimate of drug-likeness (QED) is 0.143. The van der Waals surface area contributed by atoms with Crippen LogP contribution in [0.2, 0.25) is 0 Å². The molecule has 0 aliphatic carbocycles. The predicted molar refractivity (Wildman–Crippen MR) is 132 cm³/mol. The molecule has 2 aromatic carbocycles. The first-order valence-electron chi connectivity index (χ1n) is 11.9. The molecule has 0 amide bonds. The second kappa shape index (κ2) is 12.0. The van der Waals surface area contributed by atoms with Gasteiger partial charge < -0.3 is 14.2 Å². The summed E-state index contributed by atoms with van der Waals surface area (Å²) >= 11 is 0. The zero-order valence-corrected chi connectivity index (χ0v) is 19.5. The molecule has 0 atom stereocenters. The average molecular weight is 459 g/mol. The third-order valence-electron chi connectivity index (χ3n) is 5.66. The Kier molecular flexibility index (Phi) is 8.27. The number of hydrogen-bond acceptors (Lipinski definition) is 6. The van der Waals surface area contributed by atoms with Crippen molar-refractivity contribution in [1.82, 2.24) is 9.97 Å². The zero-order valence-electron chi connectivity index (χ0n) is 19.5. The van der Waals surface area contributed by atoms with E-state index in [9.17, 15) is 4.79 Å². The van der Waals surface area contributed by atoms with Gasteiger partial charge in [0.2, 0.25) is 6.79 Å². The van der Waals surface area contributed by atoms with Crippen molar-refractivity contribution >= 4 is 12.0 Å². The Morgan fingerprint density at radius 3 is 2.47 bits per heavy atom. The third kappa shape index (κ3) is 6.67. The van der Waals surface area contributed by atoms with Crippen LogP contribution in [0.4, 0.5) is 0 Å². The highest BCUT2D eigenvalue weighted by molar-refractivity contribution is 5.88. The molecule has 4 rings (SSSR count). The van der Waals surface area contributed by atoms with E-state index >= 15 is 0 Å². The smallest absolute Gasteiger partial charge is 0.336 e. The Balaban J connectivity index is 1.26. The number of nitrogens with zero attached hydrogens (tertiary/aromatic N) is 2. The Morgan fingerprint density at radius 2 is 1.68 bits per heavy atom. The molecule has 3 aromatic rings. The summed E-state index contributed by atoms with van der Waals surface area (Å²) in [6.07, 6.45) is 15.6. The lowest BCUT2D eigenvalue weighted by atomic mass is 10.1. The van der Waals surface area contributed by atoms with Crippen molar-refractivity contribution in [2.75, 3.05) is 6.79 Å². The van der Waals surface area contributed by atoms with Crippen LogP contribution in [0.1, 0.15) is 56.6 Å². The lowest BCUT2D eigenvalue weighted by Gasteiger charge is -2.05. The molecule has 0 saturated carbocycles. The normalized spacial score (nSPS) is 12.3. The van der Waals surface area contributed by atoms with Gasteiger partial charge in [0.1, 0.15) is 5.75 Å². The minimum Gasteiger partial charge on any atom is -0.454 e. The lowest BCUT2D eigenvalue weighted by Crippen LogP contribution is -2.03. The summed E-state index contributed by atoms with van der Waals surface area (Å²) in [5, 5.41) is 0. The first-order chi connectivity index (χ1) is 16.7. The molecule has 1 aliphatic rings. The minimum atomic E-state index is -0.458. The number of rotatable bonds is 11. The molecule has 6 nitrogen and oxygen atoms in total. The maximum atomic E-state index is 12.2. The minimum absolute atomic E-state index is 0.217. The predicted octanol–water partition coefficient (Wildman–Crippen LogP) is 6.39. The van der Waals surface area contributed by atoms with E-state index in [2.05, 4.69) is 16.9 Å². The van der Waals surface area contributed by atoms with Crippen molar-refractivity contribution in [2.45, 2.75) is 51.9 Å². The van der Waals surface area contributed by atoms with Gasteiger partial charge in [-0.2, -0.15) is 0 Å². The van der Waals surface area contributed by atoms with Crippen LogP contribution < -0.4 is 14.2 Å². The fourth-order valence-electron chi connectivity index (χ4n) is 3.75. The van der Waals surface area contributed by atoms with E-state index < -0.39 is 5.97 Å². The first-order valence-corrected chi connectivity index (χ1v) is 11.9. The molecule has 0 bridgehead atoms. The summed E-state index contributed by atoms with van der Waals surface area (Å²) in [7, 11) is 0. The number of carbonyl (C=O) groups excluding carboxylic acids is 1.